The standard InChI is InChI=1S/C47H57N5O8S/c1-8-43(61-27-48)23-29-24-46(41(54)58-6,37-31(15-19-51(25-29)26-43)30-13-10-11-14-34(30)49-37)33-21-32-35(22-36(33)57-5)50(4)39-45(32)17-20-52-18-12-16-44(9-2,38(45)52)40(60-28(3)53)47(39,56)42(55)59-7/h10-14,16,21-22,29,38-40,49,56H,8-9,15,17-20,23-26H2,1-7H3/t29-,38-,39+,40+,43+,44+,45+,46-,47-/m0/s1. The predicted octanol–water partition coefficient (Wildman–Crippen LogP) is 5.21. The normalized spacial score (nSPS) is 36.0. The van der Waals surface area contributed by atoms with Crippen LogP contribution in [0.3, 0.4) is 0 Å². The van der Waals surface area contributed by atoms with E-state index in [1.165, 1.54) is 32.9 Å². The highest BCUT2D eigenvalue weighted by Crippen LogP contribution is 2.68. The molecule has 1 aliphatic carbocycles. The van der Waals surface area contributed by atoms with Gasteiger partial charge >= 0.3 is 17.9 Å². The number of nitrogens with one attached hydrogen (secondary N) is 1. The van der Waals surface area contributed by atoms with Gasteiger partial charge in [-0.05, 0) is 86.0 Å². The van der Waals surface area contributed by atoms with E-state index < -0.39 is 51.9 Å². The number of thioether (sulfide) groups is 1. The quantitative estimate of drug-likeness (QED) is 0.132. The van der Waals surface area contributed by atoms with E-state index >= 15 is 4.79 Å². The van der Waals surface area contributed by atoms with E-state index in [9.17, 15) is 20.0 Å². The molecule has 1 spiro atoms. The van der Waals surface area contributed by atoms with Crippen LogP contribution in [0.2, 0.25) is 0 Å². The summed E-state index contributed by atoms with van der Waals surface area (Å²) in [7, 11) is 6.18. The van der Waals surface area contributed by atoms with E-state index in [1.807, 2.05) is 43.1 Å². The van der Waals surface area contributed by atoms with Gasteiger partial charge in [-0.3, -0.25) is 14.5 Å². The minimum atomic E-state index is -2.30. The lowest BCUT2D eigenvalue weighted by Gasteiger charge is -2.63. The fourth-order valence-corrected chi connectivity index (χ4v) is 14.6. The summed E-state index contributed by atoms with van der Waals surface area (Å²) in [6, 6.07) is 11.0. The summed E-state index contributed by atoms with van der Waals surface area (Å²) in [6.45, 7) is 9.07. The first-order valence-corrected chi connectivity index (χ1v) is 22.4. The summed E-state index contributed by atoms with van der Waals surface area (Å²) in [6.07, 6.45) is 6.46. The number of H-pyrrole nitrogens is 1. The van der Waals surface area contributed by atoms with Crippen LogP contribution in [-0.4, -0.2) is 127 Å². The predicted molar refractivity (Wildman–Crippen MR) is 231 cm³/mol. The van der Waals surface area contributed by atoms with Gasteiger partial charge in [0.25, 0.3) is 0 Å². The molecule has 2 N–H and O–H groups in total. The number of carbonyl (C=O) groups is 3. The topological polar surface area (TPSA) is 158 Å². The van der Waals surface area contributed by atoms with Crippen molar-refractivity contribution in [3.05, 3.63) is 70.9 Å². The molecule has 2 bridgehead atoms. The van der Waals surface area contributed by atoms with Crippen LogP contribution >= 0.6 is 11.8 Å². The summed E-state index contributed by atoms with van der Waals surface area (Å²) in [5, 5.41) is 26.9. The number of thiocyanates is 1. The monoisotopic (exact) mass is 851 g/mol. The zero-order valence-corrected chi connectivity index (χ0v) is 37.0. The average molecular weight is 852 g/mol. The van der Waals surface area contributed by atoms with Crippen molar-refractivity contribution in [1.82, 2.24) is 14.8 Å². The van der Waals surface area contributed by atoms with Gasteiger partial charge in [0, 0.05) is 95.7 Å². The number of benzene rings is 2. The molecule has 2 aromatic carbocycles. The van der Waals surface area contributed by atoms with Gasteiger partial charge in [0.05, 0.1) is 27.4 Å². The first-order chi connectivity index (χ1) is 29.3. The Balaban J connectivity index is 1.36. The number of aliphatic hydroxyl groups is 1. The minimum Gasteiger partial charge on any atom is -0.496 e. The number of rotatable bonds is 8. The molecule has 14 heteroatoms. The summed E-state index contributed by atoms with van der Waals surface area (Å²) in [4.78, 5) is 53.5. The van der Waals surface area contributed by atoms with Crippen molar-refractivity contribution in [2.45, 2.75) is 98.7 Å². The van der Waals surface area contributed by atoms with Crippen molar-refractivity contribution < 1.29 is 38.4 Å². The van der Waals surface area contributed by atoms with E-state index in [-0.39, 0.29) is 16.7 Å². The molecule has 324 valence electrons. The van der Waals surface area contributed by atoms with Gasteiger partial charge in [0.15, 0.2) is 6.10 Å². The minimum absolute atomic E-state index is 0.0145. The van der Waals surface area contributed by atoms with Crippen LogP contribution in [0.5, 0.6) is 5.75 Å². The van der Waals surface area contributed by atoms with E-state index in [0.29, 0.717) is 50.1 Å². The second kappa shape index (κ2) is 14.8. The van der Waals surface area contributed by atoms with Crippen molar-refractivity contribution in [2.24, 2.45) is 11.3 Å². The molecular weight excluding hydrogens is 795 g/mol. The number of carbonyl (C=O) groups excluding carboxylic acids is 3. The van der Waals surface area contributed by atoms with Crippen LogP contribution in [0.4, 0.5) is 5.69 Å². The maximum absolute atomic E-state index is 15.5. The Kier molecular flexibility index (Phi) is 10.1. The zero-order chi connectivity index (χ0) is 43.3. The number of hydrogen-bond donors (Lipinski definition) is 2. The highest BCUT2D eigenvalue weighted by molar-refractivity contribution is 8.05. The number of nitrogens with zero attached hydrogens (tertiary/aromatic N) is 4. The number of para-hydroxylation sites is 1. The van der Waals surface area contributed by atoms with Crippen LogP contribution in [0.1, 0.15) is 75.3 Å². The molecule has 10 atom stereocenters. The molecule has 13 nitrogen and oxygen atoms in total. The number of likely N-dealkylation sites (N-methyl/N-ethyl adjacent to an activating group) is 1. The zero-order valence-electron chi connectivity index (χ0n) is 36.2. The van der Waals surface area contributed by atoms with Crippen LogP contribution < -0.4 is 9.64 Å². The van der Waals surface area contributed by atoms with Gasteiger partial charge in [0.1, 0.15) is 16.6 Å². The van der Waals surface area contributed by atoms with E-state index in [1.54, 1.807) is 7.11 Å². The van der Waals surface area contributed by atoms with Gasteiger partial charge in [-0.15, -0.1) is 0 Å². The highest BCUT2D eigenvalue weighted by atomic mass is 32.2. The number of aromatic amines is 1. The molecule has 0 amide bonds. The molecule has 1 aromatic heterocycles. The van der Waals surface area contributed by atoms with E-state index in [0.717, 1.165) is 65.9 Å². The Morgan fingerprint density at radius 3 is 2.48 bits per heavy atom. The third-order valence-corrected chi connectivity index (χ3v) is 16.9. The summed E-state index contributed by atoms with van der Waals surface area (Å²) < 4.78 is 23.7. The van der Waals surface area contributed by atoms with Crippen LogP contribution in [0.25, 0.3) is 10.9 Å². The fourth-order valence-electron chi connectivity index (χ4n) is 13.7. The molecular formula is C47H57N5O8S. The maximum atomic E-state index is 15.5. The molecule has 3 aromatic rings. The first-order valence-electron chi connectivity index (χ1n) is 21.6. The Hall–Kier alpha value is -4.55. The second-order valence-corrected chi connectivity index (χ2v) is 19.6. The molecule has 1 saturated carbocycles. The molecule has 6 heterocycles. The number of hydrogen-bond acceptors (Lipinski definition) is 13. The van der Waals surface area contributed by atoms with Crippen molar-refractivity contribution in [2.75, 3.05) is 66.0 Å². The third-order valence-electron chi connectivity index (χ3n) is 15.8. The molecule has 3 fully saturated rings. The molecule has 9 rings (SSSR count). The maximum Gasteiger partial charge on any atom is 0.344 e. The second-order valence-electron chi connectivity index (χ2n) is 18.4. The Bertz CT molecular complexity index is 2380. The largest absolute Gasteiger partial charge is 0.496 e. The summed E-state index contributed by atoms with van der Waals surface area (Å²) in [5.41, 5.74) is -0.616. The van der Waals surface area contributed by atoms with Gasteiger partial charge in [-0.1, -0.05) is 44.2 Å². The van der Waals surface area contributed by atoms with Crippen molar-refractivity contribution in [1.29, 1.82) is 5.26 Å². The van der Waals surface area contributed by atoms with Crippen LogP contribution in [0.15, 0.2) is 48.6 Å². The smallest absolute Gasteiger partial charge is 0.344 e. The van der Waals surface area contributed by atoms with Crippen molar-refractivity contribution in [3.8, 4) is 11.2 Å². The van der Waals surface area contributed by atoms with Crippen molar-refractivity contribution in [3.63, 3.8) is 0 Å². The lowest BCUT2D eigenvalue weighted by atomic mass is 9.47. The third kappa shape index (κ3) is 5.52. The van der Waals surface area contributed by atoms with E-state index in [2.05, 4.69) is 51.4 Å². The Labute approximate surface area is 361 Å². The molecule has 2 saturated heterocycles. The van der Waals surface area contributed by atoms with Crippen LogP contribution in [0, 0.1) is 22.0 Å². The Morgan fingerprint density at radius 1 is 1.02 bits per heavy atom. The number of piperidine rings is 1. The van der Waals surface area contributed by atoms with Crippen LogP contribution in [-0.2, 0) is 45.8 Å². The lowest BCUT2D eigenvalue weighted by molar-refractivity contribution is -0.228. The molecule has 61 heavy (non-hydrogen) atoms. The number of nitriles is 1. The fraction of sp³-hybridized carbons (Fsp3) is 0.574. The number of fused-ring (bicyclic) bond motifs is 6. The molecule has 5 aliphatic heterocycles. The molecule has 0 radical (unpaired) electrons. The summed E-state index contributed by atoms with van der Waals surface area (Å²) >= 11 is 1.35. The molecule has 1 unspecified atom stereocenters. The number of esters is 3. The lowest BCUT2D eigenvalue weighted by Crippen LogP contribution is -2.81. The van der Waals surface area contributed by atoms with Gasteiger partial charge in [-0.25, -0.2) is 4.79 Å². The Morgan fingerprint density at radius 2 is 1.79 bits per heavy atom. The van der Waals surface area contributed by atoms with Crippen molar-refractivity contribution >= 4 is 46.3 Å². The van der Waals surface area contributed by atoms with Gasteiger partial charge in [-0.2, -0.15) is 5.26 Å². The highest BCUT2D eigenvalue weighted by Gasteiger charge is 2.80. The average Bonchev–Trinajstić information content (AvgIpc) is 3.92. The molecule has 6 aliphatic rings. The number of methoxy groups -OCH3 is 3. The first kappa shape index (κ1) is 41.8. The number of aromatic nitrogens is 1. The van der Waals surface area contributed by atoms with E-state index in [4.69, 9.17) is 18.9 Å². The van der Waals surface area contributed by atoms with Gasteiger partial charge in [0.2, 0.25) is 5.60 Å². The summed E-state index contributed by atoms with van der Waals surface area (Å²) in [5.74, 6) is -1.45. The number of ether oxygens (including phenoxy) is 4. The number of anilines is 1. The van der Waals surface area contributed by atoms with Gasteiger partial charge < -0.3 is 38.8 Å². The SMILES string of the molecule is CC[C@@]1(SC#N)C[C@@H]2CN(CCc3c([nH]c4ccccc34)[C@@](C(=O)OC)(c3cc4c(cc3OC)N(C)[C@H]3[C@@](O)(C(=O)OC)[C@H](OC(C)=O)[C@]5(CC)C=CCN6CC[C@]43[C@@H]65)C2)C1.